The number of benzene rings is 1. The Morgan fingerprint density at radius 3 is 2.61 bits per heavy atom. The monoisotopic (exact) mass is 265 g/mol. The lowest BCUT2D eigenvalue weighted by Gasteiger charge is -2.15. The van der Waals surface area contributed by atoms with Crippen LogP contribution in [0.2, 0.25) is 0 Å². The van der Waals surface area contributed by atoms with Crippen molar-refractivity contribution in [1.82, 2.24) is 9.59 Å². The topological polar surface area (TPSA) is 70.3 Å². The zero-order valence-electron chi connectivity index (χ0n) is 10.5. The zero-order chi connectivity index (χ0) is 13.1. The van der Waals surface area contributed by atoms with E-state index in [1.807, 2.05) is 25.1 Å². The van der Waals surface area contributed by atoms with Crippen molar-refractivity contribution in [2.45, 2.75) is 13.0 Å². The molecule has 2 N–H and O–H groups in total. The van der Waals surface area contributed by atoms with Crippen molar-refractivity contribution in [1.29, 1.82) is 0 Å². The normalized spacial score (nSPS) is 12.2. The number of aryl methyl sites for hydroxylation is 1. The molecule has 1 aromatic heterocycles. The number of nitrogens with zero attached hydrogens (tertiary/aromatic N) is 2. The molecule has 1 aromatic carbocycles. The molecule has 0 amide bonds. The Hall–Kier alpha value is -1.66. The van der Waals surface area contributed by atoms with Gasteiger partial charge in [0.1, 0.15) is 11.5 Å². The van der Waals surface area contributed by atoms with Gasteiger partial charge in [-0.15, -0.1) is 5.10 Å². The van der Waals surface area contributed by atoms with Crippen LogP contribution in [0.4, 0.5) is 0 Å². The number of hydrogen-bond donors (Lipinski definition) is 1. The SMILES string of the molecule is COc1ccc(C(N)c2snnc2C)c(OC)c1. The quantitative estimate of drug-likeness (QED) is 0.914. The summed E-state index contributed by atoms with van der Waals surface area (Å²) in [6.45, 7) is 1.90. The average Bonchev–Trinajstić information content (AvgIpc) is 2.83. The van der Waals surface area contributed by atoms with Crippen LogP contribution in [0.5, 0.6) is 11.5 Å². The molecule has 5 nitrogen and oxygen atoms in total. The summed E-state index contributed by atoms with van der Waals surface area (Å²) >= 11 is 1.31. The van der Waals surface area contributed by atoms with E-state index in [1.54, 1.807) is 14.2 Å². The summed E-state index contributed by atoms with van der Waals surface area (Å²) in [5.41, 5.74) is 7.99. The molecule has 0 saturated carbocycles. The van der Waals surface area contributed by atoms with Gasteiger partial charge >= 0.3 is 0 Å². The maximum Gasteiger partial charge on any atom is 0.127 e. The number of ether oxygens (including phenoxy) is 2. The van der Waals surface area contributed by atoms with Crippen LogP contribution in [-0.4, -0.2) is 23.8 Å². The van der Waals surface area contributed by atoms with Gasteiger partial charge in [-0.25, -0.2) is 0 Å². The van der Waals surface area contributed by atoms with Gasteiger partial charge in [0.15, 0.2) is 0 Å². The van der Waals surface area contributed by atoms with E-state index < -0.39 is 0 Å². The fourth-order valence-electron chi connectivity index (χ4n) is 1.74. The highest BCUT2D eigenvalue weighted by Crippen LogP contribution is 2.33. The summed E-state index contributed by atoms with van der Waals surface area (Å²) in [6.07, 6.45) is 0. The van der Waals surface area contributed by atoms with Gasteiger partial charge in [0, 0.05) is 11.6 Å². The molecular formula is C12H15N3O2S. The Bertz CT molecular complexity index is 542. The van der Waals surface area contributed by atoms with E-state index in [0.29, 0.717) is 5.75 Å². The number of methoxy groups -OCH3 is 2. The Morgan fingerprint density at radius 1 is 1.28 bits per heavy atom. The van der Waals surface area contributed by atoms with E-state index in [9.17, 15) is 0 Å². The Morgan fingerprint density at radius 2 is 2.06 bits per heavy atom. The Labute approximate surface area is 110 Å². The van der Waals surface area contributed by atoms with Crippen molar-refractivity contribution in [3.05, 3.63) is 34.3 Å². The lowest BCUT2D eigenvalue weighted by molar-refractivity contribution is 0.390. The van der Waals surface area contributed by atoms with Crippen LogP contribution in [0, 0.1) is 6.92 Å². The van der Waals surface area contributed by atoms with Crippen LogP contribution in [0.25, 0.3) is 0 Å². The minimum atomic E-state index is -0.286. The molecule has 0 aliphatic carbocycles. The van der Waals surface area contributed by atoms with Gasteiger partial charge in [0.2, 0.25) is 0 Å². The first-order chi connectivity index (χ1) is 8.67. The van der Waals surface area contributed by atoms with Gasteiger partial charge in [-0.1, -0.05) is 4.49 Å². The minimum absolute atomic E-state index is 0.286. The maximum atomic E-state index is 6.24. The third kappa shape index (κ3) is 2.30. The predicted octanol–water partition coefficient (Wildman–Crippen LogP) is 1.91. The summed E-state index contributed by atoms with van der Waals surface area (Å²) in [5, 5.41) is 3.98. The molecule has 6 heteroatoms. The molecule has 0 spiro atoms. The molecule has 2 rings (SSSR count). The largest absolute Gasteiger partial charge is 0.497 e. The summed E-state index contributed by atoms with van der Waals surface area (Å²) in [6, 6.07) is 5.30. The number of aromatic nitrogens is 2. The smallest absolute Gasteiger partial charge is 0.127 e. The molecule has 96 valence electrons. The van der Waals surface area contributed by atoms with Gasteiger partial charge < -0.3 is 15.2 Å². The maximum absolute atomic E-state index is 6.24. The van der Waals surface area contributed by atoms with E-state index in [2.05, 4.69) is 9.59 Å². The first kappa shape index (κ1) is 12.8. The fraction of sp³-hybridized carbons (Fsp3) is 0.333. The summed E-state index contributed by atoms with van der Waals surface area (Å²) in [4.78, 5) is 0.943. The molecule has 1 heterocycles. The zero-order valence-corrected chi connectivity index (χ0v) is 11.3. The number of rotatable bonds is 4. The molecular weight excluding hydrogens is 250 g/mol. The van der Waals surface area contributed by atoms with E-state index in [4.69, 9.17) is 15.2 Å². The van der Waals surface area contributed by atoms with Gasteiger partial charge in [-0.3, -0.25) is 0 Å². The molecule has 0 fully saturated rings. The average molecular weight is 265 g/mol. The third-order valence-electron chi connectivity index (χ3n) is 2.74. The van der Waals surface area contributed by atoms with Crippen molar-refractivity contribution in [3.63, 3.8) is 0 Å². The minimum Gasteiger partial charge on any atom is -0.497 e. The third-order valence-corrected chi connectivity index (χ3v) is 3.65. The molecule has 0 bridgehead atoms. The lowest BCUT2D eigenvalue weighted by Crippen LogP contribution is -2.13. The van der Waals surface area contributed by atoms with Crippen LogP contribution in [0.15, 0.2) is 18.2 Å². The van der Waals surface area contributed by atoms with E-state index in [0.717, 1.165) is 21.9 Å². The first-order valence-corrected chi connectivity index (χ1v) is 6.21. The Balaban J connectivity index is 2.41. The molecule has 1 atom stereocenters. The molecule has 0 saturated heterocycles. The van der Waals surface area contributed by atoms with Crippen LogP contribution in [-0.2, 0) is 0 Å². The molecule has 18 heavy (non-hydrogen) atoms. The summed E-state index contributed by atoms with van der Waals surface area (Å²) < 4.78 is 14.4. The van der Waals surface area contributed by atoms with Crippen molar-refractivity contribution in [2.75, 3.05) is 14.2 Å². The van der Waals surface area contributed by atoms with E-state index in [1.165, 1.54) is 11.5 Å². The van der Waals surface area contributed by atoms with Gasteiger partial charge in [0.05, 0.1) is 30.8 Å². The van der Waals surface area contributed by atoms with Crippen molar-refractivity contribution >= 4 is 11.5 Å². The summed E-state index contributed by atoms with van der Waals surface area (Å²) in [5.74, 6) is 1.44. The van der Waals surface area contributed by atoms with Crippen LogP contribution in [0.3, 0.4) is 0 Å². The van der Waals surface area contributed by atoms with Gasteiger partial charge in [-0.2, -0.15) is 0 Å². The second-order valence-corrected chi connectivity index (χ2v) is 4.59. The predicted molar refractivity (Wildman–Crippen MR) is 70.2 cm³/mol. The summed E-state index contributed by atoms with van der Waals surface area (Å²) in [7, 11) is 3.23. The Kier molecular flexibility index (Phi) is 3.78. The fourth-order valence-corrected chi connectivity index (χ4v) is 2.40. The highest BCUT2D eigenvalue weighted by molar-refractivity contribution is 7.05. The molecule has 0 aliphatic rings. The van der Waals surface area contributed by atoms with E-state index in [-0.39, 0.29) is 6.04 Å². The number of nitrogens with two attached hydrogens (primary N) is 1. The second kappa shape index (κ2) is 5.32. The highest BCUT2D eigenvalue weighted by atomic mass is 32.1. The van der Waals surface area contributed by atoms with Crippen molar-refractivity contribution in [3.8, 4) is 11.5 Å². The van der Waals surface area contributed by atoms with Crippen LogP contribution >= 0.6 is 11.5 Å². The van der Waals surface area contributed by atoms with Gasteiger partial charge in [0.25, 0.3) is 0 Å². The van der Waals surface area contributed by atoms with E-state index >= 15 is 0 Å². The van der Waals surface area contributed by atoms with Crippen LogP contribution < -0.4 is 15.2 Å². The molecule has 1 unspecified atom stereocenters. The standard InChI is InChI=1S/C12H15N3O2S/c1-7-12(18-15-14-7)11(13)9-5-4-8(16-2)6-10(9)17-3/h4-6,11H,13H2,1-3H3. The molecule has 0 aliphatic heterocycles. The van der Waals surface area contributed by atoms with Crippen molar-refractivity contribution in [2.24, 2.45) is 5.73 Å². The number of hydrogen-bond acceptors (Lipinski definition) is 6. The second-order valence-electron chi connectivity index (χ2n) is 3.81. The molecule has 0 radical (unpaired) electrons. The first-order valence-electron chi connectivity index (χ1n) is 5.43. The van der Waals surface area contributed by atoms with Crippen molar-refractivity contribution < 1.29 is 9.47 Å². The van der Waals surface area contributed by atoms with Gasteiger partial charge in [-0.05, 0) is 30.6 Å². The lowest BCUT2D eigenvalue weighted by atomic mass is 10.0. The van der Waals surface area contributed by atoms with Crippen LogP contribution in [0.1, 0.15) is 22.2 Å². The molecule has 2 aromatic rings. The highest BCUT2D eigenvalue weighted by Gasteiger charge is 2.19.